The smallest absolute Gasteiger partial charge is 0.335 e. The summed E-state index contributed by atoms with van der Waals surface area (Å²) in [5.41, 5.74) is -1.90. The first-order valence-corrected chi connectivity index (χ1v) is 13.9. The number of carbonyl (C=O) groups is 5. The molecule has 0 saturated heterocycles. The number of esters is 3. The van der Waals surface area contributed by atoms with E-state index in [0.29, 0.717) is 29.6 Å². The molecule has 0 aromatic carbocycles. The highest BCUT2D eigenvalue weighted by molar-refractivity contribution is 6.01. The van der Waals surface area contributed by atoms with E-state index in [-0.39, 0.29) is 12.2 Å². The monoisotopic (exact) mass is 568 g/mol. The molecule has 1 aliphatic heterocycles. The number of Topliss-reactive ketones (excluding diaryl/α,β-unsaturated/α-hetero) is 1. The van der Waals surface area contributed by atoms with Crippen molar-refractivity contribution in [2.24, 2.45) is 34.0 Å². The van der Waals surface area contributed by atoms with Gasteiger partial charge in [-0.15, -0.1) is 0 Å². The van der Waals surface area contributed by atoms with E-state index in [1.54, 1.807) is 33.8 Å². The fourth-order valence-electron chi connectivity index (χ4n) is 7.95. The number of carbonyl (C=O) groups excluding carboxylic acids is 5. The molecule has 5 rings (SSSR count). The predicted octanol–water partition coefficient (Wildman–Crippen LogP) is 3.43. The molecule has 1 N–H and O–H groups in total. The Balaban J connectivity index is 1.74. The zero-order valence-corrected chi connectivity index (χ0v) is 24.1. The van der Waals surface area contributed by atoms with Crippen LogP contribution in [0.3, 0.4) is 0 Å². The maximum atomic E-state index is 14.1. The number of hydrogen-bond donors (Lipinski definition) is 1. The number of hydrogen-bond acceptors (Lipinski definition) is 10. The van der Waals surface area contributed by atoms with Crippen LogP contribution in [0.1, 0.15) is 65.5 Å². The SMILES string of the molecule is COC(=O)[C@H](O)[C@H]1[C@@]2(C)CC(=O)[C@]1(C)[C@H]1CC[C@]3(C)C(=CC(=O)O[C@H]3c3ccoc3)/C1=C/C(=O)[C@H]2OC(=O)C(C)C. The molecule has 0 radical (unpaired) electrons. The first-order chi connectivity index (χ1) is 19.2. The summed E-state index contributed by atoms with van der Waals surface area (Å²) in [6.45, 7) is 8.49. The number of aliphatic hydroxyl groups excluding tert-OH is 1. The number of fused-ring (bicyclic) bond motifs is 6. The molecular formula is C31H36O10. The Morgan fingerprint density at radius 1 is 1.10 bits per heavy atom. The summed E-state index contributed by atoms with van der Waals surface area (Å²) in [6, 6.07) is 1.72. The number of rotatable bonds is 5. The normalized spacial score (nSPS) is 38.4. The molecule has 10 nitrogen and oxygen atoms in total. The summed E-state index contributed by atoms with van der Waals surface area (Å²) in [5, 5.41) is 11.4. The fraction of sp³-hybridized carbons (Fsp3) is 0.581. The fourth-order valence-corrected chi connectivity index (χ4v) is 7.95. The highest BCUT2D eigenvalue weighted by atomic mass is 16.6. The van der Waals surface area contributed by atoms with Crippen LogP contribution in [0.5, 0.6) is 0 Å². The van der Waals surface area contributed by atoms with Gasteiger partial charge in [0.25, 0.3) is 0 Å². The van der Waals surface area contributed by atoms with Crippen molar-refractivity contribution >= 4 is 29.5 Å². The highest BCUT2D eigenvalue weighted by Gasteiger charge is 2.70. The van der Waals surface area contributed by atoms with E-state index in [9.17, 15) is 29.1 Å². The summed E-state index contributed by atoms with van der Waals surface area (Å²) >= 11 is 0. The molecule has 0 spiro atoms. The first kappa shape index (κ1) is 29.0. The summed E-state index contributed by atoms with van der Waals surface area (Å²) in [4.78, 5) is 66.9. The maximum Gasteiger partial charge on any atom is 0.335 e. The molecule has 1 aromatic rings. The minimum Gasteiger partial charge on any atom is -0.472 e. The van der Waals surface area contributed by atoms with Gasteiger partial charge in [0.15, 0.2) is 18.0 Å². The second-order valence-electron chi connectivity index (χ2n) is 12.7. The number of ether oxygens (including phenoxy) is 3. The lowest BCUT2D eigenvalue weighted by atomic mass is 9.51. The van der Waals surface area contributed by atoms with E-state index in [2.05, 4.69) is 0 Å². The molecule has 2 fully saturated rings. The quantitative estimate of drug-likeness (QED) is 0.414. The van der Waals surface area contributed by atoms with E-state index in [0.717, 1.165) is 7.11 Å². The summed E-state index contributed by atoms with van der Waals surface area (Å²) < 4.78 is 21.7. The van der Waals surface area contributed by atoms with Crippen molar-refractivity contribution in [1.82, 2.24) is 0 Å². The number of methoxy groups -OCH3 is 1. The van der Waals surface area contributed by atoms with Gasteiger partial charge in [-0.25, -0.2) is 9.59 Å². The molecule has 10 heteroatoms. The third kappa shape index (κ3) is 4.13. The lowest BCUT2D eigenvalue weighted by Gasteiger charge is -2.54. The Morgan fingerprint density at radius 2 is 1.80 bits per heavy atom. The van der Waals surface area contributed by atoms with Gasteiger partial charge < -0.3 is 23.7 Å². The Hall–Kier alpha value is -3.53. The van der Waals surface area contributed by atoms with Crippen LogP contribution in [0.2, 0.25) is 0 Å². The molecule has 2 saturated carbocycles. The van der Waals surface area contributed by atoms with Gasteiger partial charge in [0, 0.05) is 40.2 Å². The molecule has 0 unspecified atom stereocenters. The first-order valence-electron chi connectivity index (χ1n) is 13.9. The highest BCUT2D eigenvalue weighted by Crippen LogP contribution is 2.67. The van der Waals surface area contributed by atoms with Gasteiger partial charge >= 0.3 is 17.9 Å². The molecule has 8 atom stereocenters. The molecule has 1 aromatic heterocycles. The van der Waals surface area contributed by atoms with E-state index >= 15 is 0 Å². The zero-order valence-electron chi connectivity index (χ0n) is 24.1. The molecule has 220 valence electrons. The van der Waals surface area contributed by atoms with Crippen LogP contribution >= 0.6 is 0 Å². The van der Waals surface area contributed by atoms with Crippen LogP contribution in [0.15, 0.2) is 46.3 Å². The average Bonchev–Trinajstić information content (AvgIpc) is 3.51. The minimum absolute atomic E-state index is 0.197. The molecule has 4 aliphatic rings. The van der Waals surface area contributed by atoms with Crippen LogP contribution in [0.4, 0.5) is 0 Å². The van der Waals surface area contributed by atoms with Gasteiger partial charge in [-0.1, -0.05) is 34.6 Å². The summed E-state index contributed by atoms with van der Waals surface area (Å²) in [6.07, 6.45) is 2.48. The van der Waals surface area contributed by atoms with Gasteiger partial charge in [-0.05, 0) is 42.0 Å². The molecule has 41 heavy (non-hydrogen) atoms. The van der Waals surface area contributed by atoms with Gasteiger partial charge in [0.05, 0.1) is 25.6 Å². The predicted molar refractivity (Wildman–Crippen MR) is 142 cm³/mol. The number of furan rings is 1. The van der Waals surface area contributed by atoms with Gasteiger partial charge in [0.2, 0.25) is 0 Å². The Kier molecular flexibility index (Phi) is 6.92. The lowest BCUT2D eigenvalue weighted by molar-refractivity contribution is -0.178. The third-order valence-electron chi connectivity index (χ3n) is 10.0. The molecule has 0 amide bonds. The van der Waals surface area contributed by atoms with Gasteiger partial charge in [0.1, 0.15) is 11.9 Å². The van der Waals surface area contributed by atoms with Crippen molar-refractivity contribution in [3.05, 3.63) is 47.5 Å². The summed E-state index contributed by atoms with van der Waals surface area (Å²) in [5.74, 6) is -5.38. The van der Waals surface area contributed by atoms with Crippen LogP contribution in [-0.2, 0) is 38.2 Å². The van der Waals surface area contributed by atoms with Crippen molar-refractivity contribution in [2.45, 2.75) is 72.2 Å². The third-order valence-corrected chi connectivity index (χ3v) is 10.0. The van der Waals surface area contributed by atoms with E-state index in [1.807, 2.05) is 6.92 Å². The van der Waals surface area contributed by atoms with Crippen molar-refractivity contribution in [3.8, 4) is 0 Å². The van der Waals surface area contributed by atoms with Crippen LogP contribution in [0, 0.1) is 34.0 Å². The standard InChI is InChI=1S/C31H36O10/c1-15(2)27(36)41-26-20(32)11-17-18(31(5)21(33)13-30(26,4)24(31)23(35)28(37)38-6)7-9-29(3)19(17)12-22(34)40-25(29)16-8-10-39-14-16/h8,10-12,14-15,18,23-26,35H,7,9,13H2,1-6H3/b17-11+/t18-,23+,24-,25-,26+,29+,30+,31-/m0/s1. The van der Waals surface area contributed by atoms with Crippen LogP contribution in [0.25, 0.3) is 0 Å². The number of ketones is 2. The van der Waals surface area contributed by atoms with E-state index in [4.69, 9.17) is 18.6 Å². The Bertz CT molecular complexity index is 1370. The van der Waals surface area contributed by atoms with Crippen molar-refractivity contribution in [2.75, 3.05) is 7.11 Å². The largest absolute Gasteiger partial charge is 0.472 e. The van der Waals surface area contributed by atoms with Crippen molar-refractivity contribution in [1.29, 1.82) is 0 Å². The van der Waals surface area contributed by atoms with E-state index in [1.165, 1.54) is 24.7 Å². The van der Waals surface area contributed by atoms with Crippen LogP contribution < -0.4 is 0 Å². The second kappa shape index (κ2) is 9.79. The van der Waals surface area contributed by atoms with Crippen LogP contribution in [-0.4, -0.2) is 53.9 Å². The lowest BCUT2D eigenvalue weighted by Crippen LogP contribution is -2.57. The Labute approximate surface area is 238 Å². The number of cyclic esters (lactones) is 1. The van der Waals surface area contributed by atoms with Crippen molar-refractivity contribution < 1.29 is 47.7 Å². The van der Waals surface area contributed by atoms with Gasteiger partial charge in [-0.2, -0.15) is 0 Å². The molecule has 2 bridgehead atoms. The van der Waals surface area contributed by atoms with Crippen molar-refractivity contribution in [3.63, 3.8) is 0 Å². The summed E-state index contributed by atoms with van der Waals surface area (Å²) in [7, 11) is 1.14. The topological polar surface area (TPSA) is 146 Å². The Morgan fingerprint density at radius 3 is 2.41 bits per heavy atom. The van der Waals surface area contributed by atoms with Gasteiger partial charge in [-0.3, -0.25) is 14.4 Å². The number of allylic oxidation sites excluding steroid dienone is 1. The minimum atomic E-state index is -1.77. The molecule has 3 aliphatic carbocycles. The maximum absolute atomic E-state index is 14.1. The average molecular weight is 569 g/mol. The second-order valence-corrected chi connectivity index (χ2v) is 12.7. The number of aliphatic hydroxyl groups is 1. The van der Waals surface area contributed by atoms with E-state index < -0.39 is 76.0 Å². The molecular weight excluding hydrogens is 532 g/mol. The molecule has 2 heterocycles. The zero-order chi connectivity index (χ0) is 30.1.